The fourth-order valence-electron chi connectivity index (χ4n) is 2.07. The highest BCUT2D eigenvalue weighted by atomic mass is 31.1. The van der Waals surface area contributed by atoms with Crippen molar-refractivity contribution in [2.75, 3.05) is 0 Å². The van der Waals surface area contributed by atoms with E-state index in [-0.39, 0.29) is 0 Å². The van der Waals surface area contributed by atoms with Crippen LogP contribution in [0.1, 0.15) is 25.3 Å². The van der Waals surface area contributed by atoms with Gasteiger partial charge in [-0.3, -0.25) is 0 Å². The average Bonchev–Trinajstić information content (AvgIpc) is 2.45. The topological polar surface area (TPSA) is 77.8 Å². The molecule has 0 aromatic heterocycles. The maximum atomic E-state index is 9.91. The van der Waals surface area contributed by atoms with Crippen molar-refractivity contribution in [3.05, 3.63) is 54.1 Å². The minimum atomic E-state index is -2.87. The monoisotopic (exact) mass is 307 g/mol. The van der Waals surface area contributed by atoms with Crippen molar-refractivity contribution in [2.24, 2.45) is 0 Å². The van der Waals surface area contributed by atoms with Gasteiger partial charge >= 0.3 is 8.25 Å². The highest BCUT2D eigenvalue weighted by molar-refractivity contribution is 7.30. The van der Waals surface area contributed by atoms with Crippen LogP contribution in [0.5, 0.6) is 5.75 Å². The lowest BCUT2D eigenvalue weighted by molar-refractivity contribution is 0.405. The molecule has 21 heavy (non-hydrogen) atoms. The molecule has 0 aliphatic heterocycles. The molecule has 2 rings (SSSR count). The van der Waals surface area contributed by atoms with Crippen molar-refractivity contribution in [2.45, 2.75) is 26.2 Å². The van der Waals surface area contributed by atoms with E-state index in [1.807, 2.05) is 24.3 Å². The second-order valence-electron chi connectivity index (χ2n) is 4.53. The molecule has 0 amide bonds. The molecule has 4 nitrogen and oxygen atoms in total. The molecule has 0 unspecified atom stereocenters. The van der Waals surface area contributed by atoms with Crippen LogP contribution in [0.25, 0.3) is 11.1 Å². The number of hydrogen-bond donors (Lipinski definition) is 3. The smallest absolute Gasteiger partial charge is 0.507 e. The van der Waals surface area contributed by atoms with Gasteiger partial charge in [0.2, 0.25) is 0 Å². The maximum Gasteiger partial charge on any atom is 0.692 e. The molecule has 0 saturated carbocycles. The average molecular weight is 307 g/mol. The third-order valence-electron chi connectivity index (χ3n) is 3.01. The molecule has 0 aliphatic rings. The van der Waals surface area contributed by atoms with Crippen LogP contribution in [0.3, 0.4) is 0 Å². The molecule has 0 atom stereocenters. The second kappa shape index (κ2) is 9.24. The molecule has 0 bridgehead atoms. The molecule has 2 aromatic carbocycles. The molecule has 0 saturated heterocycles. The summed E-state index contributed by atoms with van der Waals surface area (Å²) in [5, 5.41) is 9.91. The number of aromatic hydroxyl groups is 1. The second-order valence-corrected chi connectivity index (χ2v) is 5.04. The first-order valence-electron chi connectivity index (χ1n) is 6.77. The van der Waals surface area contributed by atoms with E-state index in [0.29, 0.717) is 5.75 Å². The number of unbranched alkanes of at least 4 members (excludes halogenated alkanes) is 1. The molecular weight excluding hydrogens is 287 g/mol. The Morgan fingerprint density at radius 3 is 2.05 bits per heavy atom. The highest BCUT2D eigenvalue weighted by Crippen LogP contribution is 2.31. The van der Waals surface area contributed by atoms with Crippen LogP contribution < -0.4 is 0 Å². The first-order valence-corrected chi connectivity index (χ1v) is 7.94. The zero-order chi connectivity index (χ0) is 15.7. The molecule has 2 aromatic rings. The zero-order valence-electron chi connectivity index (χ0n) is 11.9. The molecule has 0 aliphatic carbocycles. The van der Waals surface area contributed by atoms with E-state index in [9.17, 15) is 5.11 Å². The Bertz CT molecular complexity index is 580. The standard InChI is InChI=1S/C16H18O.HO3P/c1-2-3-8-13-9-4-5-10-14(13)15-11-6-7-12-16(15)17;1-4(2)3/h4-7,9-12,17H,2-3,8H2,1H3;(H-,1,2,3)/p+1. The van der Waals surface area contributed by atoms with Gasteiger partial charge in [0.1, 0.15) is 5.75 Å². The predicted molar refractivity (Wildman–Crippen MR) is 84.2 cm³/mol. The summed E-state index contributed by atoms with van der Waals surface area (Å²) < 4.78 is 8.70. The largest absolute Gasteiger partial charge is 0.692 e. The number of hydrogen-bond acceptors (Lipinski definition) is 2. The summed E-state index contributed by atoms with van der Waals surface area (Å²) in [6.45, 7) is 2.20. The van der Waals surface area contributed by atoms with E-state index in [1.165, 1.54) is 18.4 Å². The number of phenols is 1. The van der Waals surface area contributed by atoms with Crippen molar-refractivity contribution in [3.8, 4) is 16.9 Å². The Balaban J connectivity index is 0.000000491. The quantitative estimate of drug-likeness (QED) is 0.745. The van der Waals surface area contributed by atoms with Crippen LogP contribution in [0.4, 0.5) is 0 Å². The highest BCUT2D eigenvalue weighted by Gasteiger charge is 2.07. The van der Waals surface area contributed by atoms with Gasteiger partial charge in [0.05, 0.1) is 0 Å². The summed E-state index contributed by atoms with van der Waals surface area (Å²) in [7, 11) is -2.87. The third-order valence-corrected chi connectivity index (χ3v) is 3.01. The van der Waals surface area contributed by atoms with Crippen LogP contribution in [-0.4, -0.2) is 14.9 Å². The van der Waals surface area contributed by atoms with Crippen LogP contribution in [-0.2, 0) is 11.0 Å². The molecular formula is C16H20O4P+. The van der Waals surface area contributed by atoms with Gasteiger partial charge in [0.15, 0.2) is 0 Å². The Morgan fingerprint density at radius 1 is 0.952 bits per heavy atom. The van der Waals surface area contributed by atoms with Gasteiger partial charge in [0.25, 0.3) is 0 Å². The van der Waals surface area contributed by atoms with E-state index in [0.717, 1.165) is 17.5 Å². The fourth-order valence-corrected chi connectivity index (χ4v) is 2.07. The minimum absolute atomic E-state index is 0.358. The summed E-state index contributed by atoms with van der Waals surface area (Å²) in [4.78, 5) is 14.2. The van der Waals surface area contributed by atoms with Crippen LogP contribution >= 0.6 is 8.25 Å². The maximum absolute atomic E-state index is 9.91. The molecule has 3 N–H and O–H groups in total. The summed E-state index contributed by atoms with van der Waals surface area (Å²) in [5.41, 5.74) is 3.40. The van der Waals surface area contributed by atoms with E-state index < -0.39 is 8.25 Å². The Kier molecular flexibility index (Phi) is 7.62. The van der Waals surface area contributed by atoms with Gasteiger partial charge in [-0.25, -0.2) is 0 Å². The predicted octanol–water partition coefficient (Wildman–Crippen LogP) is 4.03. The normalized spacial score (nSPS) is 9.67. The minimum Gasteiger partial charge on any atom is -0.507 e. The van der Waals surface area contributed by atoms with Crippen molar-refractivity contribution in [1.82, 2.24) is 0 Å². The van der Waals surface area contributed by atoms with Crippen LogP contribution in [0.15, 0.2) is 48.5 Å². The van der Waals surface area contributed by atoms with Crippen molar-refractivity contribution in [3.63, 3.8) is 0 Å². The van der Waals surface area contributed by atoms with Crippen LogP contribution in [0, 0.1) is 0 Å². The van der Waals surface area contributed by atoms with Crippen molar-refractivity contribution < 1.29 is 19.5 Å². The molecule has 0 heterocycles. The number of phenolic OH excluding ortho intramolecular Hbond substituents is 1. The molecule has 112 valence electrons. The van der Waals surface area contributed by atoms with Gasteiger partial charge in [-0.2, -0.15) is 0 Å². The number of para-hydroxylation sites is 1. The summed E-state index contributed by atoms with van der Waals surface area (Å²) in [6.07, 6.45) is 3.45. The van der Waals surface area contributed by atoms with E-state index >= 15 is 0 Å². The summed E-state index contributed by atoms with van der Waals surface area (Å²) in [5.74, 6) is 0.358. The zero-order valence-corrected chi connectivity index (χ0v) is 12.8. The molecule has 5 heteroatoms. The van der Waals surface area contributed by atoms with Gasteiger partial charge < -0.3 is 5.11 Å². The number of benzene rings is 2. The van der Waals surface area contributed by atoms with Gasteiger partial charge in [-0.15, -0.1) is 9.79 Å². The van der Waals surface area contributed by atoms with E-state index in [2.05, 4.69) is 25.1 Å². The Labute approximate surface area is 125 Å². The first kappa shape index (κ1) is 17.3. The lowest BCUT2D eigenvalue weighted by atomic mass is 9.96. The van der Waals surface area contributed by atoms with Gasteiger partial charge in [-0.05, 0) is 30.0 Å². The summed E-state index contributed by atoms with van der Waals surface area (Å²) >= 11 is 0. The Hall–Kier alpha value is -1.74. The third kappa shape index (κ3) is 6.05. The van der Waals surface area contributed by atoms with Crippen molar-refractivity contribution in [1.29, 1.82) is 0 Å². The summed E-state index contributed by atoms with van der Waals surface area (Å²) in [6, 6.07) is 15.9. The van der Waals surface area contributed by atoms with Gasteiger partial charge in [-0.1, -0.05) is 55.8 Å². The van der Waals surface area contributed by atoms with Crippen LogP contribution in [0.2, 0.25) is 0 Å². The number of rotatable bonds is 4. The van der Waals surface area contributed by atoms with Gasteiger partial charge in [0, 0.05) is 10.1 Å². The molecule has 0 spiro atoms. The van der Waals surface area contributed by atoms with E-state index in [1.54, 1.807) is 6.07 Å². The Morgan fingerprint density at radius 2 is 1.48 bits per heavy atom. The molecule has 0 radical (unpaired) electrons. The lowest BCUT2D eigenvalue weighted by Gasteiger charge is -2.10. The fraction of sp³-hybridized carbons (Fsp3) is 0.250. The lowest BCUT2D eigenvalue weighted by Crippen LogP contribution is -1.90. The SMILES string of the molecule is CCCCc1ccccc1-c1ccccc1O.O=[P+](O)O. The molecule has 0 fully saturated rings. The van der Waals surface area contributed by atoms with Crippen molar-refractivity contribution >= 4 is 8.25 Å². The number of aryl methyl sites for hydroxylation is 1. The first-order chi connectivity index (χ1) is 10.1. The van der Waals surface area contributed by atoms with E-state index in [4.69, 9.17) is 14.4 Å².